The van der Waals surface area contributed by atoms with Gasteiger partial charge in [-0.15, -0.1) is 0 Å². The third-order valence-electron chi connectivity index (χ3n) is 3.71. The van der Waals surface area contributed by atoms with Gasteiger partial charge in [-0.2, -0.15) is 0 Å². The summed E-state index contributed by atoms with van der Waals surface area (Å²) in [5.74, 6) is 6.26. The number of fused-ring (bicyclic) bond motifs is 1. The van der Waals surface area contributed by atoms with Crippen LogP contribution < -0.4 is 11.3 Å². The Kier molecular flexibility index (Phi) is 4.15. The van der Waals surface area contributed by atoms with Gasteiger partial charge in [0.05, 0.1) is 6.10 Å². The van der Waals surface area contributed by atoms with Crippen molar-refractivity contribution >= 4 is 0 Å². The van der Waals surface area contributed by atoms with E-state index in [-0.39, 0.29) is 12.1 Å². The van der Waals surface area contributed by atoms with Gasteiger partial charge >= 0.3 is 0 Å². The van der Waals surface area contributed by atoms with E-state index in [0.717, 1.165) is 13.0 Å². The molecule has 1 aliphatic carbocycles. The molecule has 3 N–H and O–H groups in total. The molecule has 0 fully saturated rings. The Morgan fingerprint density at radius 2 is 2.24 bits per heavy atom. The van der Waals surface area contributed by atoms with Crippen LogP contribution in [0.3, 0.4) is 0 Å². The van der Waals surface area contributed by atoms with E-state index in [2.05, 4.69) is 36.6 Å². The van der Waals surface area contributed by atoms with Gasteiger partial charge in [0.25, 0.3) is 0 Å². The Morgan fingerprint density at radius 1 is 1.47 bits per heavy atom. The van der Waals surface area contributed by atoms with E-state index in [1.165, 1.54) is 17.5 Å². The summed E-state index contributed by atoms with van der Waals surface area (Å²) in [7, 11) is 0. The summed E-state index contributed by atoms with van der Waals surface area (Å²) in [5.41, 5.74) is 5.86. The van der Waals surface area contributed by atoms with E-state index >= 15 is 0 Å². The molecule has 0 saturated carbocycles. The van der Waals surface area contributed by atoms with E-state index in [9.17, 15) is 0 Å². The molecule has 0 amide bonds. The third-order valence-corrected chi connectivity index (χ3v) is 3.71. The molecule has 0 aliphatic heterocycles. The predicted octanol–water partition coefficient (Wildman–Crippen LogP) is 1.97. The molecule has 3 atom stereocenters. The van der Waals surface area contributed by atoms with Crippen LogP contribution in [0, 0.1) is 0 Å². The zero-order valence-corrected chi connectivity index (χ0v) is 10.6. The third kappa shape index (κ3) is 2.68. The molecule has 1 aromatic carbocycles. The summed E-state index contributed by atoms with van der Waals surface area (Å²) < 4.78 is 5.61. The molecule has 0 bridgehead atoms. The highest BCUT2D eigenvalue weighted by Gasteiger charge is 2.29. The summed E-state index contributed by atoms with van der Waals surface area (Å²) in [4.78, 5) is 0. The van der Waals surface area contributed by atoms with Crippen LogP contribution in [0.15, 0.2) is 24.3 Å². The molecule has 94 valence electrons. The second-order valence-electron chi connectivity index (χ2n) is 4.77. The number of rotatable bonds is 6. The Balaban J connectivity index is 1.93. The highest BCUT2D eigenvalue weighted by Crippen LogP contribution is 2.38. The maximum Gasteiger partial charge on any atom is 0.0713 e. The topological polar surface area (TPSA) is 47.3 Å². The van der Waals surface area contributed by atoms with Crippen molar-refractivity contribution in [3.63, 3.8) is 0 Å². The fraction of sp³-hybridized carbons (Fsp3) is 0.571. The van der Waals surface area contributed by atoms with E-state index in [1.54, 1.807) is 0 Å². The molecule has 0 heterocycles. The summed E-state index contributed by atoms with van der Waals surface area (Å²) in [5, 5.41) is 0. The molecule has 3 nitrogen and oxygen atoms in total. The average molecular weight is 234 g/mol. The summed E-state index contributed by atoms with van der Waals surface area (Å²) in [6, 6.07) is 8.89. The van der Waals surface area contributed by atoms with Crippen LogP contribution in [-0.4, -0.2) is 18.8 Å². The van der Waals surface area contributed by atoms with Gasteiger partial charge in [-0.05, 0) is 43.7 Å². The molecule has 0 aromatic heterocycles. The molecule has 3 unspecified atom stereocenters. The van der Waals surface area contributed by atoms with Gasteiger partial charge in [-0.25, -0.2) is 0 Å². The van der Waals surface area contributed by atoms with Crippen molar-refractivity contribution in [3.8, 4) is 0 Å². The first-order valence-corrected chi connectivity index (χ1v) is 6.41. The minimum Gasteiger partial charge on any atom is -0.377 e. The van der Waals surface area contributed by atoms with Crippen molar-refractivity contribution in [2.45, 2.75) is 44.8 Å². The Morgan fingerprint density at radius 3 is 2.88 bits per heavy atom. The Labute approximate surface area is 103 Å². The molecule has 0 radical (unpaired) electrons. The van der Waals surface area contributed by atoms with E-state index in [0.29, 0.717) is 5.92 Å². The smallest absolute Gasteiger partial charge is 0.0713 e. The number of hydrazine groups is 1. The van der Waals surface area contributed by atoms with Crippen LogP contribution in [0.25, 0.3) is 0 Å². The number of nitrogens with one attached hydrogen (secondary N) is 1. The summed E-state index contributed by atoms with van der Waals surface area (Å²) in [6.07, 6.45) is 2.39. The zero-order chi connectivity index (χ0) is 12.3. The van der Waals surface area contributed by atoms with Crippen molar-refractivity contribution < 1.29 is 4.74 Å². The molecule has 1 aliphatic rings. The van der Waals surface area contributed by atoms with Gasteiger partial charge in [0.15, 0.2) is 0 Å². The number of nitrogens with two attached hydrogens (primary N) is 1. The second-order valence-corrected chi connectivity index (χ2v) is 4.77. The second kappa shape index (κ2) is 5.63. The first-order chi connectivity index (χ1) is 8.26. The van der Waals surface area contributed by atoms with Crippen LogP contribution in [0.2, 0.25) is 0 Å². The van der Waals surface area contributed by atoms with Crippen molar-refractivity contribution in [2.75, 3.05) is 6.61 Å². The lowest BCUT2D eigenvalue weighted by Crippen LogP contribution is -2.45. The molecular formula is C14H22N2O. The predicted molar refractivity (Wildman–Crippen MR) is 69.7 cm³/mol. The minimum atomic E-state index is 0.165. The van der Waals surface area contributed by atoms with Crippen molar-refractivity contribution in [1.82, 2.24) is 5.43 Å². The van der Waals surface area contributed by atoms with Crippen molar-refractivity contribution in [3.05, 3.63) is 35.4 Å². The molecular weight excluding hydrogens is 212 g/mol. The van der Waals surface area contributed by atoms with E-state index in [1.807, 2.05) is 6.92 Å². The minimum absolute atomic E-state index is 0.165. The van der Waals surface area contributed by atoms with E-state index < -0.39 is 0 Å². The Hall–Kier alpha value is -0.900. The lowest BCUT2D eigenvalue weighted by atomic mass is 9.74. The lowest BCUT2D eigenvalue weighted by molar-refractivity contribution is 0.0426. The van der Waals surface area contributed by atoms with Gasteiger partial charge in [-0.1, -0.05) is 24.3 Å². The summed E-state index contributed by atoms with van der Waals surface area (Å²) >= 11 is 0. The van der Waals surface area contributed by atoms with Gasteiger partial charge in [0, 0.05) is 12.6 Å². The van der Waals surface area contributed by atoms with Crippen molar-refractivity contribution in [2.24, 2.45) is 5.84 Å². The molecule has 17 heavy (non-hydrogen) atoms. The number of hydrogen-bond donors (Lipinski definition) is 2. The maximum atomic E-state index is 5.62. The number of benzene rings is 1. The summed E-state index contributed by atoms with van der Waals surface area (Å²) in [6.45, 7) is 4.84. The number of ether oxygens (including phenoxy) is 1. The Bertz CT molecular complexity index is 367. The SMILES string of the molecule is CCOC(C)C(CC1Cc2ccccc21)NN. The van der Waals surface area contributed by atoms with E-state index in [4.69, 9.17) is 10.6 Å². The largest absolute Gasteiger partial charge is 0.377 e. The molecule has 0 spiro atoms. The monoisotopic (exact) mass is 234 g/mol. The van der Waals surface area contributed by atoms with Gasteiger partial charge in [0.2, 0.25) is 0 Å². The lowest BCUT2D eigenvalue weighted by Gasteiger charge is -2.34. The van der Waals surface area contributed by atoms with Crippen LogP contribution in [0.4, 0.5) is 0 Å². The highest BCUT2D eigenvalue weighted by molar-refractivity contribution is 5.39. The average Bonchev–Trinajstić information content (AvgIpc) is 2.31. The molecule has 1 aromatic rings. The van der Waals surface area contributed by atoms with Crippen LogP contribution >= 0.6 is 0 Å². The van der Waals surface area contributed by atoms with Crippen LogP contribution in [-0.2, 0) is 11.2 Å². The maximum absolute atomic E-state index is 5.62. The molecule has 0 saturated heterocycles. The van der Waals surface area contributed by atoms with Gasteiger partial charge in [0.1, 0.15) is 0 Å². The highest BCUT2D eigenvalue weighted by atomic mass is 16.5. The first-order valence-electron chi connectivity index (χ1n) is 6.41. The van der Waals surface area contributed by atoms with Crippen molar-refractivity contribution in [1.29, 1.82) is 0 Å². The normalized spacial score (nSPS) is 21.5. The molecule has 2 rings (SSSR count). The van der Waals surface area contributed by atoms with Crippen LogP contribution in [0.5, 0.6) is 0 Å². The number of hydrogen-bond acceptors (Lipinski definition) is 3. The quantitative estimate of drug-likeness (QED) is 0.584. The zero-order valence-electron chi connectivity index (χ0n) is 10.6. The fourth-order valence-corrected chi connectivity index (χ4v) is 2.65. The van der Waals surface area contributed by atoms with Gasteiger partial charge < -0.3 is 4.74 Å². The standard InChI is InChI=1S/C14H22N2O/c1-3-17-10(2)14(16-15)9-12-8-11-6-4-5-7-13(11)12/h4-7,10,12,14,16H,3,8-9,15H2,1-2H3. The fourth-order valence-electron chi connectivity index (χ4n) is 2.65. The van der Waals surface area contributed by atoms with Crippen LogP contribution in [0.1, 0.15) is 37.3 Å². The first kappa shape index (κ1) is 12.6. The molecule has 3 heteroatoms. The van der Waals surface area contributed by atoms with Gasteiger partial charge in [-0.3, -0.25) is 11.3 Å².